The molecule has 1 aromatic heterocycles. The van der Waals surface area contributed by atoms with Crippen LogP contribution in [0.25, 0.3) is 0 Å². The van der Waals surface area contributed by atoms with Gasteiger partial charge in [-0.1, -0.05) is 0 Å². The molecule has 0 bridgehead atoms. The summed E-state index contributed by atoms with van der Waals surface area (Å²) < 4.78 is 5.02. The summed E-state index contributed by atoms with van der Waals surface area (Å²) in [5.74, 6) is -0.0715. The van der Waals surface area contributed by atoms with E-state index in [9.17, 15) is 4.79 Å². The fourth-order valence-electron chi connectivity index (χ4n) is 1.40. The van der Waals surface area contributed by atoms with E-state index in [4.69, 9.17) is 10.5 Å². The maximum Gasteiger partial charge on any atom is 0.253 e. The average Bonchev–Trinajstić information content (AvgIpc) is 2.66. The maximum absolute atomic E-state index is 11.9. The van der Waals surface area contributed by atoms with Gasteiger partial charge in [0.25, 0.3) is 5.91 Å². The van der Waals surface area contributed by atoms with Crippen molar-refractivity contribution in [2.45, 2.75) is 19.6 Å². The molecule has 5 heteroatoms. The Morgan fingerprint density at radius 1 is 1.69 bits per heavy atom. The van der Waals surface area contributed by atoms with Gasteiger partial charge in [-0.25, -0.2) is 0 Å². The predicted molar refractivity (Wildman–Crippen MR) is 65.4 cm³/mol. The number of ether oxygens (including phenoxy) is 1. The van der Waals surface area contributed by atoms with Crippen LogP contribution in [0.1, 0.15) is 10.4 Å². The number of likely N-dealkylation sites (N-methyl/N-ethyl adjacent to an activating group) is 1. The number of hydrogen-bond donors (Lipinski definition) is 1. The highest BCUT2D eigenvalue weighted by molar-refractivity contribution is 7.10. The molecule has 0 aromatic carbocycles. The van der Waals surface area contributed by atoms with Gasteiger partial charge in [-0.3, -0.25) is 4.79 Å². The van der Waals surface area contributed by atoms with Crippen LogP contribution in [0.5, 0.6) is 0 Å². The lowest BCUT2D eigenvalue weighted by Crippen LogP contribution is -2.41. The smallest absolute Gasteiger partial charge is 0.253 e. The zero-order valence-electron chi connectivity index (χ0n) is 9.90. The summed E-state index contributed by atoms with van der Waals surface area (Å²) in [5, 5.41) is 2.03. The number of nitrogens with zero attached hydrogens (tertiary/aromatic N) is 1. The summed E-state index contributed by atoms with van der Waals surface area (Å²) in [6.45, 7) is 2.87. The lowest BCUT2D eigenvalue weighted by atomic mass is 10.2. The molecule has 0 fully saturated rings. The van der Waals surface area contributed by atoms with Crippen molar-refractivity contribution in [2.24, 2.45) is 5.73 Å². The normalized spacial score (nSPS) is 12.5. The van der Waals surface area contributed by atoms with E-state index < -0.39 is 6.10 Å². The molecule has 0 saturated heterocycles. The summed E-state index contributed by atoms with van der Waals surface area (Å²) >= 11 is 1.66. The molecule has 1 heterocycles. The fraction of sp³-hybridized carbons (Fsp3) is 0.545. The summed E-state index contributed by atoms with van der Waals surface area (Å²) in [7, 11) is 3.27. The Balaban J connectivity index is 2.62. The molecule has 0 spiro atoms. The van der Waals surface area contributed by atoms with Crippen molar-refractivity contribution in [3.8, 4) is 0 Å². The molecule has 1 rings (SSSR count). The van der Waals surface area contributed by atoms with Gasteiger partial charge >= 0.3 is 0 Å². The Labute approximate surface area is 100 Å². The van der Waals surface area contributed by atoms with Crippen LogP contribution < -0.4 is 5.73 Å². The van der Waals surface area contributed by atoms with Gasteiger partial charge in [-0.2, -0.15) is 0 Å². The number of rotatable bonds is 5. The van der Waals surface area contributed by atoms with Gasteiger partial charge in [0.15, 0.2) is 0 Å². The first-order chi connectivity index (χ1) is 7.60. The Hall–Kier alpha value is -0.910. The van der Waals surface area contributed by atoms with E-state index in [-0.39, 0.29) is 12.5 Å². The van der Waals surface area contributed by atoms with Gasteiger partial charge < -0.3 is 15.4 Å². The Bertz CT molecular complexity index is 348. The second-order valence-electron chi connectivity index (χ2n) is 3.68. The van der Waals surface area contributed by atoms with Crippen molar-refractivity contribution in [1.82, 2.24) is 4.90 Å². The van der Waals surface area contributed by atoms with Crippen molar-refractivity contribution >= 4 is 17.2 Å². The van der Waals surface area contributed by atoms with E-state index in [1.165, 1.54) is 17.6 Å². The minimum atomic E-state index is -0.537. The van der Waals surface area contributed by atoms with Gasteiger partial charge in [0.05, 0.1) is 6.54 Å². The van der Waals surface area contributed by atoms with Gasteiger partial charge in [0.1, 0.15) is 6.10 Å². The monoisotopic (exact) mass is 242 g/mol. The number of methoxy groups -OCH3 is 1. The SMILES string of the molecule is COC(CN)C(=O)N(C)Cc1sccc1C. The summed E-state index contributed by atoms with van der Waals surface area (Å²) in [6.07, 6.45) is -0.537. The van der Waals surface area contributed by atoms with E-state index in [0.29, 0.717) is 6.54 Å². The number of aryl methyl sites for hydroxylation is 1. The third kappa shape index (κ3) is 3.04. The van der Waals surface area contributed by atoms with Crippen LogP contribution >= 0.6 is 11.3 Å². The Morgan fingerprint density at radius 3 is 2.81 bits per heavy atom. The van der Waals surface area contributed by atoms with Gasteiger partial charge in [-0.15, -0.1) is 11.3 Å². The van der Waals surface area contributed by atoms with Crippen LogP contribution in [0, 0.1) is 6.92 Å². The van der Waals surface area contributed by atoms with Crippen molar-refractivity contribution in [1.29, 1.82) is 0 Å². The molecule has 0 radical (unpaired) electrons. The zero-order valence-corrected chi connectivity index (χ0v) is 10.7. The van der Waals surface area contributed by atoms with Crippen LogP contribution in [0.15, 0.2) is 11.4 Å². The number of thiophene rings is 1. The highest BCUT2D eigenvalue weighted by Crippen LogP contribution is 2.17. The highest BCUT2D eigenvalue weighted by atomic mass is 32.1. The van der Waals surface area contributed by atoms with Crippen LogP contribution in [-0.2, 0) is 16.1 Å². The molecule has 1 unspecified atom stereocenters. The van der Waals surface area contributed by atoms with Crippen LogP contribution in [-0.4, -0.2) is 37.6 Å². The summed E-state index contributed by atoms with van der Waals surface area (Å²) in [4.78, 5) is 14.7. The Kier molecular flexibility index (Phi) is 4.92. The van der Waals surface area contributed by atoms with E-state index in [1.54, 1.807) is 23.3 Å². The number of carbonyl (C=O) groups is 1. The quantitative estimate of drug-likeness (QED) is 0.837. The van der Waals surface area contributed by atoms with Crippen LogP contribution in [0.4, 0.5) is 0 Å². The third-order valence-electron chi connectivity index (χ3n) is 2.50. The summed E-state index contributed by atoms with van der Waals surface area (Å²) in [6, 6.07) is 2.05. The second kappa shape index (κ2) is 5.98. The topological polar surface area (TPSA) is 55.6 Å². The largest absolute Gasteiger partial charge is 0.370 e. The molecule has 0 aliphatic heterocycles. The van der Waals surface area contributed by atoms with Gasteiger partial charge in [0.2, 0.25) is 0 Å². The number of amides is 1. The lowest BCUT2D eigenvalue weighted by molar-refractivity contribution is -0.140. The molecular formula is C11H18N2O2S. The Morgan fingerprint density at radius 2 is 2.38 bits per heavy atom. The van der Waals surface area contributed by atoms with E-state index in [1.807, 2.05) is 12.3 Å². The number of carbonyl (C=O) groups excluding carboxylic acids is 1. The van der Waals surface area contributed by atoms with E-state index >= 15 is 0 Å². The van der Waals surface area contributed by atoms with Gasteiger partial charge in [0, 0.05) is 25.6 Å². The molecular weight excluding hydrogens is 224 g/mol. The van der Waals surface area contributed by atoms with Crippen molar-refractivity contribution < 1.29 is 9.53 Å². The minimum absolute atomic E-state index is 0.0715. The first-order valence-corrected chi connectivity index (χ1v) is 5.99. The molecule has 0 saturated carbocycles. The molecule has 0 aliphatic carbocycles. The van der Waals surface area contributed by atoms with Crippen molar-refractivity contribution in [2.75, 3.05) is 20.7 Å². The molecule has 16 heavy (non-hydrogen) atoms. The van der Waals surface area contributed by atoms with Crippen LogP contribution in [0.2, 0.25) is 0 Å². The molecule has 2 N–H and O–H groups in total. The average molecular weight is 242 g/mol. The standard InChI is InChI=1S/C11H18N2O2S/c1-8-4-5-16-10(8)7-13(2)11(14)9(6-12)15-3/h4-5,9H,6-7,12H2,1-3H3. The molecule has 1 atom stereocenters. The van der Waals surface area contributed by atoms with Gasteiger partial charge in [-0.05, 0) is 23.9 Å². The zero-order chi connectivity index (χ0) is 12.1. The third-order valence-corrected chi connectivity index (χ3v) is 3.51. The number of hydrogen-bond acceptors (Lipinski definition) is 4. The van der Waals surface area contributed by atoms with Crippen molar-refractivity contribution in [3.63, 3.8) is 0 Å². The molecule has 1 aromatic rings. The highest BCUT2D eigenvalue weighted by Gasteiger charge is 2.20. The molecule has 4 nitrogen and oxygen atoms in total. The minimum Gasteiger partial charge on any atom is -0.370 e. The van der Waals surface area contributed by atoms with E-state index in [0.717, 1.165) is 0 Å². The summed E-state index contributed by atoms with van der Waals surface area (Å²) in [5.41, 5.74) is 6.67. The molecule has 0 aliphatic rings. The van der Waals surface area contributed by atoms with Crippen LogP contribution in [0.3, 0.4) is 0 Å². The second-order valence-corrected chi connectivity index (χ2v) is 4.68. The maximum atomic E-state index is 11.9. The number of nitrogens with two attached hydrogens (primary N) is 1. The first-order valence-electron chi connectivity index (χ1n) is 5.11. The molecule has 1 amide bonds. The molecule has 90 valence electrons. The van der Waals surface area contributed by atoms with Crippen molar-refractivity contribution in [3.05, 3.63) is 21.9 Å². The lowest BCUT2D eigenvalue weighted by Gasteiger charge is -2.21. The fourth-order valence-corrected chi connectivity index (χ4v) is 2.36. The van der Waals surface area contributed by atoms with E-state index in [2.05, 4.69) is 6.07 Å². The first kappa shape index (κ1) is 13.2. The predicted octanol–water partition coefficient (Wildman–Crippen LogP) is 0.989.